The first kappa shape index (κ1) is 16.6. The van der Waals surface area contributed by atoms with E-state index in [0.717, 1.165) is 29.9 Å². The SMILES string of the molecule is CCOc1cccn2cc(CCNC(=O)NC3CCCCC3)nc12. The molecule has 1 aliphatic rings. The molecule has 2 heterocycles. The number of urea groups is 1. The van der Waals surface area contributed by atoms with E-state index in [0.29, 0.717) is 25.6 Å². The second-order valence-corrected chi connectivity index (χ2v) is 6.25. The topological polar surface area (TPSA) is 67.7 Å². The molecule has 1 saturated carbocycles. The van der Waals surface area contributed by atoms with Crippen molar-refractivity contribution in [1.82, 2.24) is 20.0 Å². The molecule has 0 aromatic carbocycles. The van der Waals surface area contributed by atoms with Crippen LogP contribution in [-0.4, -0.2) is 34.6 Å². The van der Waals surface area contributed by atoms with Gasteiger partial charge in [-0.05, 0) is 31.9 Å². The summed E-state index contributed by atoms with van der Waals surface area (Å²) in [6, 6.07) is 4.13. The van der Waals surface area contributed by atoms with Crippen LogP contribution in [0.1, 0.15) is 44.7 Å². The van der Waals surface area contributed by atoms with Crippen molar-refractivity contribution in [3.63, 3.8) is 0 Å². The van der Waals surface area contributed by atoms with Crippen LogP contribution in [0.2, 0.25) is 0 Å². The number of aromatic nitrogens is 2. The fraction of sp³-hybridized carbons (Fsp3) is 0.556. The Morgan fingerprint density at radius 1 is 1.38 bits per heavy atom. The van der Waals surface area contributed by atoms with Gasteiger partial charge < -0.3 is 19.8 Å². The Kier molecular flexibility index (Phi) is 5.56. The van der Waals surface area contributed by atoms with E-state index in [1.165, 1.54) is 19.3 Å². The highest BCUT2D eigenvalue weighted by molar-refractivity contribution is 5.74. The van der Waals surface area contributed by atoms with Crippen LogP contribution in [0.3, 0.4) is 0 Å². The largest absolute Gasteiger partial charge is 0.490 e. The lowest BCUT2D eigenvalue weighted by atomic mass is 9.96. The molecule has 6 heteroatoms. The number of carbonyl (C=O) groups excluding carboxylic acids is 1. The highest BCUT2D eigenvalue weighted by Crippen LogP contribution is 2.19. The van der Waals surface area contributed by atoms with E-state index in [1.807, 2.05) is 35.9 Å². The molecule has 2 N–H and O–H groups in total. The predicted octanol–water partition coefficient (Wildman–Crippen LogP) is 2.91. The minimum atomic E-state index is -0.0688. The van der Waals surface area contributed by atoms with Crippen LogP contribution in [0, 0.1) is 0 Å². The van der Waals surface area contributed by atoms with Gasteiger partial charge in [0, 0.05) is 31.4 Å². The van der Waals surface area contributed by atoms with Crippen molar-refractivity contribution in [2.45, 2.75) is 51.5 Å². The molecular formula is C18H26N4O2. The minimum absolute atomic E-state index is 0.0688. The van der Waals surface area contributed by atoms with Crippen LogP contribution < -0.4 is 15.4 Å². The second kappa shape index (κ2) is 8.04. The van der Waals surface area contributed by atoms with Gasteiger partial charge in [-0.1, -0.05) is 19.3 Å². The number of nitrogens with zero attached hydrogens (tertiary/aromatic N) is 2. The third-order valence-corrected chi connectivity index (χ3v) is 4.40. The number of amides is 2. The first-order chi connectivity index (χ1) is 11.8. The number of fused-ring (bicyclic) bond motifs is 1. The number of pyridine rings is 1. The van der Waals surface area contributed by atoms with Crippen LogP contribution in [0.5, 0.6) is 5.75 Å². The third kappa shape index (κ3) is 4.19. The van der Waals surface area contributed by atoms with E-state index in [1.54, 1.807) is 0 Å². The summed E-state index contributed by atoms with van der Waals surface area (Å²) < 4.78 is 7.56. The Labute approximate surface area is 142 Å². The highest BCUT2D eigenvalue weighted by Gasteiger charge is 2.15. The summed E-state index contributed by atoms with van der Waals surface area (Å²) in [5.41, 5.74) is 1.76. The first-order valence-corrected chi connectivity index (χ1v) is 8.90. The first-order valence-electron chi connectivity index (χ1n) is 8.90. The van der Waals surface area contributed by atoms with Crippen molar-refractivity contribution < 1.29 is 9.53 Å². The van der Waals surface area contributed by atoms with Gasteiger partial charge in [-0.2, -0.15) is 0 Å². The molecule has 130 valence electrons. The maximum atomic E-state index is 11.9. The molecule has 0 spiro atoms. The zero-order valence-electron chi connectivity index (χ0n) is 14.3. The van der Waals surface area contributed by atoms with E-state index in [9.17, 15) is 4.79 Å². The Morgan fingerprint density at radius 3 is 3.00 bits per heavy atom. The molecule has 0 saturated heterocycles. The Morgan fingerprint density at radius 2 is 2.21 bits per heavy atom. The molecule has 0 bridgehead atoms. The highest BCUT2D eigenvalue weighted by atomic mass is 16.5. The standard InChI is InChI=1S/C18H26N4O2/c1-2-24-16-9-6-12-22-13-15(20-17(16)22)10-11-19-18(23)21-14-7-4-3-5-8-14/h6,9,12-14H,2-5,7-8,10-11H2,1H3,(H2,19,21,23). The van der Waals surface area contributed by atoms with Gasteiger partial charge in [-0.3, -0.25) is 0 Å². The summed E-state index contributed by atoms with van der Waals surface area (Å²) in [6.45, 7) is 3.15. The average Bonchev–Trinajstić information content (AvgIpc) is 3.00. The lowest BCUT2D eigenvalue weighted by Crippen LogP contribution is -2.43. The molecule has 3 rings (SSSR count). The molecule has 2 aromatic rings. The van der Waals surface area contributed by atoms with E-state index in [-0.39, 0.29) is 6.03 Å². The summed E-state index contributed by atoms with van der Waals surface area (Å²) >= 11 is 0. The van der Waals surface area contributed by atoms with E-state index >= 15 is 0 Å². The van der Waals surface area contributed by atoms with E-state index < -0.39 is 0 Å². The molecule has 0 radical (unpaired) electrons. The van der Waals surface area contributed by atoms with Crippen LogP contribution >= 0.6 is 0 Å². The van der Waals surface area contributed by atoms with Gasteiger partial charge in [0.1, 0.15) is 0 Å². The number of rotatable bonds is 6. The van der Waals surface area contributed by atoms with Crippen molar-refractivity contribution in [2.75, 3.05) is 13.2 Å². The number of ether oxygens (including phenoxy) is 1. The van der Waals surface area contributed by atoms with Crippen molar-refractivity contribution in [1.29, 1.82) is 0 Å². The van der Waals surface area contributed by atoms with Gasteiger partial charge in [-0.25, -0.2) is 9.78 Å². The van der Waals surface area contributed by atoms with Crippen LogP contribution in [-0.2, 0) is 6.42 Å². The van der Waals surface area contributed by atoms with Crippen LogP contribution in [0.4, 0.5) is 4.79 Å². The van der Waals surface area contributed by atoms with Crippen molar-refractivity contribution in [3.8, 4) is 5.75 Å². The maximum absolute atomic E-state index is 11.9. The van der Waals surface area contributed by atoms with Gasteiger partial charge in [0.2, 0.25) is 0 Å². The van der Waals surface area contributed by atoms with E-state index in [4.69, 9.17) is 4.74 Å². The van der Waals surface area contributed by atoms with Gasteiger partial charge in [-0.15, -0.1) is 0 Å². The normalized spacial score (nSPS) is 15.4. The lowest BCUT2D eigenvalue weighted by molar-refractivity contribution is 0.233. The molecule has 2 aromatic heterocycles. The zero-order valence-corrected chi connectivity index (χ0v) is 14.3. The van der Waals surface area contributed by atoms with Crippen LogP contribution in [0.15, 0.2) is 24.5 Å². The summed E-state index contributed by atoms with van der Waals surface area (Å²) in [5, 5.41) is 5.99. The third-order valence-electron chi connectivity index (χ3n) is 4.40. The molecule has 0 atom stereocenters. The number of nitrogens with one attached hydrogen (secondary N) is 2. The van der Waals surface area contributed by atoms with Gasteiger partial charge in [0.05, 0.1) is 12.3 Å². The summed E-state index contributed by atoms with van der Waals surface area (Å²) in [7, 11) is 0. The van der Waals surface area contributed by atoms with Crippen molar-refractivity contribution in [2.24, 2.45) is 0 Å². The van der Waals surface area contributed by atoms with Crippen molar-refractivity contribution in [3.05, 3.63) is 30.2 Å². The fourth-order valence-corrected chi connectivity index (χ4v) is 3.21. The molecule has 1 aliphatic carbocycles. The monoisotopic (exact) mass is 330 g/mol. The van der Waals surface area contributed by atoms with Gasteiger partial charge >= 0.3 is 6.03 Å². The molecule has 0 unspecified atom stereocenters. The van der Waals surface area contributed by atoms with E-state index in [2.05, 4.69) is 15.6 Å². The summed E-state index contributed by atoms with van der Waals surface area (Å²) in [4.78, 5) is 16.6. The number of hydrogen-bond donors (Lipinski definition) is 2. The molecule has 6 nitrogen and oxygen atoms in total. The smallest absolute Gasteiger partial charge is 0.315 e. The number of hydrogen-bond acceptors (Lipinski definition) is 3. The molecule has 0 aliphatic heterocycles. The number of carbonyl (C=O) groups is 1. The Bertz CT molecular complexity index is 677. The summed E-state index contributed by atoms with van der Waals surface area (Å²) in [6.07, 6.45) is 10.6. The maximum Gasteiger partial charge on any atom is 0.315 e. The quantitative estimate of drug-likeness (QED) is 0.856. The number of imidazole rings is 1. The second-order valence-electron chi connectivity index (χ2n) is 6.25. The average molecular weight is 330 g/mol. The van der Waals surface area contributed by atoms with Gasteiger partial charge in [0.25, 0.3) is 0 Å². The predicted molar refractivity (Wildman–Crippen MR) is 93.5 cm³/mol. The lowest BCUT2D eigenvalue weighted by Gasteiger charge is -2.22. The molecule has 2 amide bonds. The fourth-order valence-electron chi connectivity index (χ4n) is 3.21. The summed E-state index contributed by atoms with van der Waals surface area (Å²) in [5.74, 6) is 0.786. The van der Waals surface area contributed by atoms with Crippen LogP contribution in [0.25, 0.3) is 5.65 Å². The Hall–Kier alpha value is -2.24. The Balaban J connectivity index is 1.50. The zero-order chi connectivity index (χ0) is 16.8. The molecule has 24 heavy (non-hydrogen) atoms. The minimum Gasteiger partial charge on any atom is -0.490 e. The molecule has 1 fully saturated rings. The molecular weight excluding hydrogens is 304 g/mol. The van der Waals surface area contributed by atoms with Crippen molar-refractivity contribution >= 4 is 11.7 Å². The van der Waals surface area contributed by atoms with Gasteiger partial charge in [0.15, 0.2) is 11.4 Å².